The molecule has 4 atom stereocenters. The Bertz CT molecular complexity index is 237. The lowest BCUT2D eigenvalue weighted by Crippen LogP contribution is -2.45. The average molecular weight is 253 g/mol. The van der Waals surface area contributed by atoms with Crippen molar-refractivity contribution in [3.05, 3.63) is 0 Å². The predicted molar refractivity (Wildman–Crippen MR) is 76.6 cm³/mol. The van der Waals surface area contributed by atoms with Gasteiger partial charge in [0.2, 0.25) is 0 Å². The largest absolute Gasteiger partial charge is 0.393 e. The SMILES string of the molecule is CC1CC(C)C(CN(C)C2CCCCC2)C(O)C1. The Kier molecular flexibility index (Phi) is 5.08. The van der Waals surface area contributed by atoms with E-state index < -0.39 is 0 Å². The molecule has 0 radical (unpaired) electrons. The van der Waals surface area contributed by atoms with E-state index in [1.807, 2.05) is 0 Å². The third kappa shape index (κ3) is 3.48. The first-order valence-corrected chi connectivity index (χ1v) is 7.96. The van der Waals surface area contributed by atoms with Crippen LogP contribution >= 0.6 is 0 Å². The van der Waals surface area contributed by atoms with E-state index in [0.29, 0.717) is 17.8 Å². The molecule has 0 saturated heterocycles. The molecule has 106 valence electrons. The lowest BCUT2D eigenvalue weighted by Gasteiger charge is -2.41. The van der Waals surface area contributed by atoms with Gasteiger partial charge in [0.1, 0.15) is 0 Å². The van der Waals surface area contributed by atoms with Gasteiger partial charge in [-0.2, -0.15) is 0 Å². The molecule has 0 aromatic carbocycles. The molecule has 2 heteroatoms. The first kappa shape index (κ1) is 14.3. The molecule has 0 spiro atoms. The second-order valence-corrected chi connectivity index (χ2v) is 7.02. The zero-order chi connectivity index (χ0) is 13.1. The monoisotopic (exact) mass is 253 g/mol. The van der Waals surface area contributed by atoms with Crippen molar-refractivity contribution in [2.45, 2.75) is 70.9 Å². The van der Waals surface area contributed by atoms with Crippen molar-refractivity contribution in [3.63, 3.8) is 0 Å². The van der Waals surface area contributed by atoms with Crippen molar-refractivity contribution in [3.8, 4) is 0 Å². The molecule has 1 N–H and O–H groups in total. The van der Waals surface area contributed by atoms with E-state index in [0.717, 1.165) is 19.0 Å². The Hall–Kier alpha value is -0.0800. The minimum atomic E-state index is -0.0743. The number of rotatable bonds is 3. The van der Waals surface area contributed by atoms with Crippen molar-refractivity contribution in [1.29, 1.82) is 0 Å². The third-order valence-corrected chi connectivity index (χ3v) is 5.34. The smallest absolute Gasteiger partial charge is 0.0585 e. The Morgan fingerprint density at radius 2 is 1.72 bits per heavy atom. The molecule has 0 aromatic heterocycles. The molecule has 0 aliphatic heterocycles. The highest BCUT2D eigenvalue weighted by atomic mass is 16.3. The molecular weight excluding hydrogens is 222 g/mol. The van der Waals surface area contributed by atoms with Crippen LogP contribution in [0.3, 0.4) is 0 Å². The standard InChI is InChI=1S/C16H31NO/c1-12-9-13(2)15(16(18)10-12)11-17(3)14-7-5-4-6-8-14/h12-16,18H,4-11H2,1-3H3. The van der Waals surface area contributed by atoms with Crippen molar-refractivity contribution in [2.75, 3.05) is 13.6 Å². The molecule has 2 nitrogen and oxygen atoms in total. The number of hydrogen-bond acceptors (Lipinski definition) is 2. The Morgan fingerprint density at radius 3 is 2.33 bits per heavy atom. The molecule has 0 amide bonds. The van der Waals surface area contributed by atoms with E-state index in [1.165, 1.54) is 38.5 Å². The summed E-state index contributed by atoms with van der Waals surface area (Å²) in [6.45, 7) is 5.71. The van der Waals surface area contributed by atoms with E-state index in [4.69, 9.17) is 0 Å². The number of aliphatic hydroxyl groups is 1. The zero-order valence-electron chi connectivity index (χ0n) is 12.4. The highest BCUT2D eigenvalue weighted by molar-refractivity contribution is 4.86. The summed E-state index contributed by atoms with van der Waals surface area (Å²) in [6, 6.07) is 0.775. The first-order chi connectivity index (χ1) is 8.58. The van der Waals surface area contributed by atoms with Crippen LogP contribution in [0.2, 0.25) is 0 Å². The Balaban J connectivity index is 1.87. The highest BCUT2D eigenvalue weighted by Crippen LogP contribution is 2.35. The molecule has 18 heavy (non-hydrogen) atoms. The zero-order valence-corrected chi connectivity index (χ0v) is 12.4. The van der Waals surface area contributed by atoms with Gasteiger partial charge < -0.3 is 10.0 Å². The van der Waals surface area contributed by atoms with Gasteiger partial charge in [0.05, 0.1) is 6.10 Å². The molecule has 2 aliphatic carbocycles. The Morgan fingerprint density at radius 1 is 1.06 bits per heavy atom. The molecule has 0 bridgehead atoms. The van der Waals surface area contributed by atoms with Crippen molar-refractivity contribution in [1.82, 2.24) is 4.90 Å². The van der Waals surface area contributed by atoms with Crippen LogP contribution < -0.4 is 0 Å². The van der Waals surface area contributed by atoms with Gasteiger partial charge in [0.25, 0.3) is 0 Å². The van der Waals surface area contributed by atoms with Crippen LogP contribution in [0.5, 0.6) is 0 Å². The maximum atomic E-state index is 10.3. The topological polar surface area (TPSA) is 23.5 Å². The summed E-state index contributed by atoms with van der Waals surface area (Å²) in [7, 11) is 2.27. The minimum absolute atomic E-state index is 0.0743. The lowest BCUT2D eigenvalue weighted by atomic mass is 9.73. The normalized spacial score (nSPS) is 39.2. The molecule has 2 fully saturated rings. The summed E-state index contributed by atoms with van der Waals surface area (Å²) in [5.74, 6) is 1.87. The van der Waals surface area contributed by atoms with E-state index in [2.05, 4.69) is 25.8 Å². The van der Waals surface area contributed by atoms with Gasteiger partial charge in [-0.25, -0.2) is 0 Å². The van der Waals surface area contributed by atoms with Crippen LogP contribution in [0.4, 0.5) is 0 Å². The molecule has 4 unspecified atom stereocenters. The summed E-state index contributed by atoms with van der Waals surface area (Å²) in [5.41, 5.74) is 0. The van der Waals surface area contributed by atoms with Gasteiger partial charge in [0, 0.05) is 18.5 Å². The lowest BCUT2D eigenvalue weighted by molar-refractivity contribution is -0.00660. The second kappa shape index (κ2) is 6.38. The van der Waals surface area contributed by atoms with Gasteiger partial charge in [-0.1, -0.05) is 33.1 Å². The minimum Gasteiger partial charge on any atom is -0.393 e. The molecule has 0 heterocycles. The van der Waals surface area contributed by atoms with Crippen LogP contribution in [-0.4, -0.2) is 35.7 Å². The quantitative estimate of drug-likeness (QED) is 0.834. The maximum Gasteiger partial charge on any atom is 0.0585 e. The fraction of sp³-hybridized carbons (Fsp3) is 1.00. The molecule has 2 saturated carbocycles. The third-order valence-electron chi connectivity index (χ3n) is 5.34. The van der Waals surface area contributed by atoms with Crippen LogP contribution in [0, 0.1) is 17.8 Å². The summed E-state index contributed by atoms with van der Waals surface area (Å²) in [4.78, 5) is 2.54. The summed E-state index contributed by atoms with van der Waals surface area (Å²) in [6.07, 6.45) is 9.17. The van der Waals surface area contributed by atoms with Crippen LogP contribution in [0.25, 0.3) is 0 Å². The average Bonchev–Trinajstić information content (AvgIpc) is 2.34. The fourth-order valence-electron chi connectivity index (χ4n) is 4.18. The molecule has 0 aromatic rings. The van der Waals surface area contributed by atoms with E-state index in [1.54, 1.807) is 0 Å². The first-order valence-electron chi connectivity index (χ1n) is 7.96. The molecule has 2 aliphatic rings. The van der Waals surface area contributed by atoms with E-state index in [-0.39, 0.29) is 6.10 Å². The van der Waals surface area contributed by atoms with Crippen LogP contribution in [0.1, 0.15) is 58.8 Å². The van der Waals surface area contributed by atoms with Gasteiger partial charge in [0.15, 0.2) is 0 Å². The van der Waals surface area contributed by atoms with Crippen LogP contribution in [-0.2, 0) is 0 Å². The van der Waals surface area contributed by atoms with Crippen molar-refractivity contribution >= 4 is 0 Å². The van der Waals surface area contributed by atoms with Crippen molar-refractivity contribution in [2.24, 2.45) is 17.8 Å². The Labute approximate surface area is 113 Å². The molecular formula is C16H31NO. The maximum absolute atomic E-state index is 10.3. The van der Waals surface area contributed by atoms with Crippen LogP contribution in [0.15, 0.2) is 0 Å². The number of nitrogens with zero attached hydrogens (tertiary/aromatic N) is 1. The van der Waals surface area contributed by atoms with E-state index in [9.17, 15) is 5.11 Å². The highest BCUT2D eigenvalue weighted by Gasteiger charge is 2.34. The van der Waals surface area contributed by atoms with E-state index >= 15 is 0 Å². The van der Waals surface area contributed by atoms with Gasteiger partial charge in [-0.15, -0.1) is 0 Å². The second-order valence-electron chi connectivity index (χ2n) is 7.02. The summed E-state index contributed by atoms with van der Waals surface area (Å²) in [5, 5.41) is 10.3. The molecule has 2 rings (SSSR count). The number of hydrogen-bond donors (Lipinski definition) is 1. The summed E-state index contributed by atoms with van der Waals surface area (Å²) >= 11 is 0. The predicted octanol–water partition coefficient (Wildman–Crippen LogP) is 3.29. The van der Waals surface area contributed by atoms with Crippen molar-refractivity contribution < 1.29 is 5.11 Å². The van der Waals surface area contributed by atoms with Gasteiger partial charge in [-0.05, 0) is 44.6 Å². The number of aliphatic hydroxyl groups excluding tert-OH is 1. The fourth-order valence-corrected chi connectivity index (χ4v) is 4.18. The summed E-state index contributed by atoms with van der Waals surface area (Å²) < 4.78 is 0. The van der Waals surface area contributed by atoms with Gasteiger partial charge in [-0.3, -0.25) is 0 Å². The van der Waals surface area contributed by atoms with Gasteiger partial charge >= 0.3 is 0 Å².